The van der Waals surface area contributed by atoms with Crippen LogP contribution in [0.15, 0.2) is 23.4 Å². The molecule has 0 fully saturated rings. The first-order valence-electron chi connectivity index (χ1n) is 5.29. The van der Waals surface area contributed by atoms with Gasteiger partial charge in [-0.25, -0.2) is 0 Å². The average molecular weight is 239 g/mol. The first-order chi connectivity index (χ1) is 7.65. The van der Waals surface area contributed by atoms with Crippen LogP contribution in [0.4, 0.5) is 5.69 Å². The maximum absolute atomic E-state index is 11.6. The van der Waals surface area contributed by atoms with E-state index in [0.717, 1.165) is 17.9 Å². The molecule has 0 radical (unpaired) electrons. The summed E-state index contributed by atoms with van der Waals surface area (Å²) in [4.78, 5) is 16.4. The number of carbonyl (C=O) groups excluding carboxylic acids is 1. The Balaban J connectivity index is 2.54. The van der Waals surface area contributed by atoms with Crippen molar-refractivity contribution in [1.82, 2.24) is 10.3 Å². The normalized spacial score (nSPS) is 12.1. The first kappa shape index (κ1) is 12.8. The Morgan fingerprint density at radius 2 is 2.44 bits per heavy atom. The molecule has 0 aliphatic carbocycles. The number of carbonyl (C=O) groups is 1. The summed E-state index contributed by atoms with van der Waals surface area (Å²) in [7, 11) is 0. The highest BCUT2D eigenvalue weighted by molar-refractivity contribution is 8.00. The van der Waals surface area contributed by atoms with Crippen LogP contribution in [-0.2, 0) is 4.79 Å². The molecular weight excluding hydrogens is 222 g/mol. The number of pyridine rings is 1. The molecule has 0 aliphatic heterocycles. The van der Waals surface area contributed by atoms with Crippen molar-refractivity contribution in [3.8, 4) is 0 Å². The lowest BCUT2D eigenvalue weighted by Gasteiger charge is -2.12. The van der Waals surface area contributed by atoms with Gasteiger partial charge in [-0.1, -0.05) is 6.92 Å². The van der Waals surface area contributed by atoms with Crippen LogP contribution >= 0.6 is 11.8 Å². The highest BCUT2D eigenvalue weighted by Gasteiger charge is 2.14. The molecule has 4 nitrogen and oxygen atoms in total. The largest absolute Gasteiger partial charge is 0.397 e. The van der Waals surface area contributed by atoms with Gasteiger partial charge >= 0.3 is 0 Å². The number of aromatic nitrogens is 1. The van der Waals surface area contributed by atoms with Crippen molar-refractivity contribution in [3.63, 3.8) is 0 Å². The third kappa shape index (κ3) is 3.73. The zero-order chi connectivity index (χ0) is 12.0. The van der Waals surface area contributed by atoms with Crippen LogP contribution in [-0.4, -0.2) is 22.7 Å². The van der Waals surface area contributed by atoms with Crippen molar-refractivity contribution in [3.05, 3.63) is 18.5 Å². The van der Waals surface area contributed by atoms with E-state index < -0.39 is 0 Å². The quantitative estimate of drug-likeness (QED) is 0.767. The molecule has 1 unspecified atom stereocenters. The molecule has 0 aromatic carbocycles. The van der Waals surface area contributed by atoms with Crippen molar-refractivity contribution < 1.29 is 4.79 Å². The molecule has 1 aromatic rings. The molecule has 1 heterocycles. The van der Waals surface area contributed by atoms with Crippen LogP contribution in [0.2, 0.25) is 0 Å². The molecule has 16 heavy (non-hydrogen) atoms. The second kappa shape index (κ2) is 6.37. The minimum absolute atomic E-state index is 0.0445. The highest BCUT2D eigenvalue weighted by Crippen LogP contribution is 2.27. The van der Waals surface area contributed by atoms with Crippen molar-refractivity contribution in [1.29, 1.82) is 0 Å². The smallest absolute Gasteiger partial charge is 0.233 e. The maximum atomic E-state index is 11.6. The van der Waals surface area contributed by atoms with E-state index in [4.69, 9.17) is 5.73 Å². The minimum atomic E-state index is -0.142. The van der Waals surface area contributed by atoms with E-state index in [1.807, 2.05) is 19.9 Å². The van der Waals surface area contributed by atoms with Gasteiger partial charge in [0.15, 0.2) is 0 Å². The molecule has 0 bridgehead atoms. The number of nitrogens with two attached hydrogens (primary N) is 1. The zero-order valence-corrected chi connectivity index (χ0v) is 10.4. The molecule has 5 heteroatoms. The van der Waals surface area contributed by atoms with Crippen LogP contribution in [0.5, 0.6) is 0 Å². The summed E-state index contributed by atoms with van der Waals surface area (Å²) in [6.45, 7) is 4.62. The summed E-state index contributed by atoms with van der Waals surface area (Å²) in [5, 5.41) is 2.71. The molecule has 1 atom stereocenters. The van der Waals surface area contributed by atoms with E-state index in [1.165, 1.54) is 11.8 Å². The number of thioether (sulfide) groups is 1. The molecule has 1 amide bonds. The predicted molar refractivity (Wildman–Crippen MR) is 67.3 cm³/mol. The van der Waals surface area contributed by atoms with E-state index in [1.54, 1.807) is 12.4 Å². The van der Waals surface area contributed by atoms with Gasteiger partial charge in [0.05, 0.1) is 17.1 Å². The van der Waals surface area contributed by atoms with Crippen LogP contribution in [0.1, 0.15) is 20.3 Å². The molecule has 0 saturated heterocycles. The van der Waals surface area contributed by atoms with Crippen LogP contribution in [0, 0.1) is 0 Å². The lowest BCUT2D eigenvalue weighted by atomic mass is 10.4. The lowest BCUT2D eigenvalue weighted by Crippen LogP contribution is -2.31. The van der Waals surface area contributed by atoms with Crippen molar-refractivity contribution in [2.75, 3.05) is 12.3 Å². The zero-order valence-electron chi connectivity index (χ0n) is 9.56. The summed E-state index contributed by atoms with van der Waals surface area (Å²) >= 11 is 1.45. The van der Waals surface area contributed by atoms with Gasteiger partial charge in [0, 0.05) is 17.6 Å². The van der Waals surface area contributed by atoms with E-state index in [9.17, 15) is 4.79 Å². The molecule has 0 spiro atoms. The molecule has 1 rings (SSSR count). The number of anilines is 1. The van der Waals surface area contributed by atoms with Crippen LogP contribution in [0.25, 0.3) is 0 Å². The molecule has 88 valence electrons. The fourth-order valence-corrected chi connectivity index (χ4v) is 2.04. The second-order valence-electron chi connectivity index (χ2n) is 3.46. The second-order valence-corrected chi connectivity index (χ2v) is 4.85. The minimum Gasteiger partial charge on any atom is -0.397 e. The Hall–Kier alpha value is -1.23. The highest BCUT2D eigenvalue weighted by atomic mass is 32.2. The summed E-state index contributed by atoms with van der Waals surface area (Å²) in [5.74, 6) is 0.0445. The molecule has 3 N–H and O–H groups in total. The van der Waals surface area contributed by atoms with Crippen LogP contribution in [0.3, 0.4) is 0 Å². The topological polar surface area (TPSA) is 68.0 Å². The van der Waals surface area contributed by atoms with Gasteiger partial charge < -0.3 is 11.1 Å². The predicted octanol–water partition coefficient (Wildman–Crippen LogP) is 1.67. The van der Waals surface area contributed by atoms with Gasteiger partial charge in [-0.2, -0.15) is 0 Å². The van der Waals surface area contributed by atoms with Gasteiger partial charge in [0.1, 0.15) is 0 Å². The number of rotatable bonds is 5. The number of hydrogen-bond donors (Lipinski definition) is 2. The summed E-state index contributed by atoms with van der Waals surface area (Å²) in [5.41, 5.74) is 6.37. The van der Waals surface area contributed by atoms with E-state index in [2.05, 4.69) is 10.3 Å². The Kier molecular flexibility index (Phi) is 5.11. The average Bonchev–Trinajstić information content (AvgIpc) is 2.28. The molecule has 1 aromatic heterocycles. The Labute approximate surface area is 100 Å². The summed E-state index contributed by atoms with van der Waals surface area (Å²) in [6.07, 6.45) is 4.22. The van der Waals surface area contributed by atoms with E-state index in [0.29, 0.717) is 5.69 Å². The van der Waals surface area contributed by atoms with E-state index >= 15 is 0 Å². The van der Waals surface area contributed by atoms with Gasteiger partial charge in [-0.15, -0.1) is 11.8 Å². The summed E-state index contributed by atoms with van der Waals surface area (Å²) in [6, 6.07) is 1.82. The van der Waals surface area contributed by atoms with Gasteiger partial charge in [-0.3, -0.25) is 9.78 Å². The van der Waals surface area contributed by atoms with Crippen molar-refractivity contribution >= 4 is 23.4 Å². The summed E-state index contributed by atoms with van der Waals surface area (Å²) < 4.78 is 0. The lowest BCUT2D eigenvalue weighted by molar-refractivity contribution is -0.120. The van der Waals surface area contributed by atoms with E-state index in [-0.39, 0.29) is 11.2 Å². The number of amides is 1. The Bertz CT molecular complexity index is 357. The third-order valence-corrected chi connectivity index (χ3v) is 3.23. The monoisotopic (exact) mass is 239 g/mol. The van der Waals surface area contributed by atoms with Crippen LogP contribution < -0.4 is 11.1 Å². The van der Waals surface area contributed by atoms with Crippen molar-refractivity contribution in [2.24, 2.45) is 0 Å². The number of hydrogen-bond acceptors (Lipinski definition) is 4. The molecular formula is C11H17N3OS. The number of nitrogens with zero attached hydrogens (tertiary/aromatic N) is 1. The standard InChI is InChI=1S/C11H17N3OS/c1-3-5-14-11(15)8(2)16-10-4-6-13-7-9(10)12/h4,6-8H,3,5,12H2,1-2H3,(H,14,15). The maximum Gasteiger partial charge on any atom is 0.233 e. The molecule has 0 aliphatic rings. The van der Waals surface area contributed by atoms with Gasteiger partial charge in [-0.05, 0) is 19.4 Å². The Morgan fingerprint density at radius 3 is 3.06 bits per heavy atom. The van der Waals surface area contributed by atoms with Gasteiger partial charge in [0.25, 0.3) is 0 Å². The number of nitrogens with one attached hydrogen (secondary N) is 1. The first-order valence-corrected chi connectivity index (χ1v) is 6.17. The Morgan fingerprint density at radius 1 is 1.69 bits per heavy atom. The van der Waals surface area contributed by atoms with Crippen molar-refractivity contribution in [2.45, 2.75) is 30.4 Å². The third-order valence-electron chi connectivity index (χ3n) is 2.03. The SMILES string of the molecule is CCCNC(=O)C(C)Sc1ccncc1N. The van der Waals surface area contributed by atoms with Gasteiger partial charge in [0.2, 0.25) is 5.91 Å². The fraction of sp³-hybridized carbons (Fsp3) is 0.455. The molecule has 0 saturated carbocycles. The number of nitrogen functional groups attached to an aromatic ring is 1. The fourth-order valence-electron chi connectivity index (χ4n) is 1.14.